The molecule has 11 nitrogen and oxygen atoms in total. The Morgan fingerprint density at radius 3 is 2.20 bits per heavy atom. The Hall–Kier alpha value is -2.95. The van der Waals surface area contributed by atoms with Gasteiger partial charge in [-0.1, -0.05) is 18.2 Å². The summed E-state index contributed by atoms with van der Waals surface area (Å²) in [6.07, 6.45) is 0. The number of para-hydroxylation sites is 1. The van der Waals surface area contributed by atoms with Crippen molar-refractivity contribution in [1.29, 1.82) is 0 Å². The van der Waals surface area contributed by atoms with Gasteiger partial charge in [-0.15, -0.1) is 0 Å². The van der Waals surface area contributed by atoms with E-state index in [4.69, 9.17) is 4.52 Å². The predicted molar refractivity (Wildman–Crippen MR) is 83.2 cm³/mol. The van der Waals surface area contributed by atoms with E-state index in [0.717, 1.165) is 0 Å². The first-order chi connectivity index (χ1) is 11.7. The lowest BCUT2D eigenvalue weighted by Crippen LogP contribution is -2.07. The number of nitrogens with zero attached hydrogens (tertiary/aromatic N) is 2. The van der Waals surface area contributed by atoms with Crippen LogP contribution in [0.15, 0.2) is 41.3 Å². The summed E-state index contributed by atoms with van der Waals surface area (Å²) in [5, 5.41) is 22.7. The smallest absolute Gasteiger partial charge is 0.395 e. The predicted octanol–water partition coefficient (Wildman–Crippen LogP) is 3.00. The summed E-state index contributed by atoms with van der Waals surface area (Å²) in [5.74, 6) is -0.224. The number of nitro benzene ring substituents is 2. The summed E-state index contributed by atoms with van der Waals surface area (Å²) in [4.78, 5) is 19.4. The summed E-state index contributed by atoms with van der Waals surface area (Å²) >= 11 is 0. The van der Waals surface area contributed by atoms with Crippen molar-refractivity contribution in [3.63, 3.8) is 0 Å². The minimum Gasteiger partial charge on any atom is -0.407 e. The van der Waals surface area contributed by atoms with Gasteiger partial charge < -0.3 is 4.52 Å². The molecule has 0 amide bonds. The molecule has 0 heterocycles. The molecule has 0 unspecified atom stereocenters. The average Bonchev–Trinajstić information content (AvgIpc) is 2.53. The summed E-state index contributed by atoms with van der Waals surface area (Å²) in [7, 11) is -5.88. The van der Waals surface area contributed by atoms with Gasteiger partial charge in [0.05, 0.1) is 9.85 Å². The van der Waals surface area contributed by atoms with Crippen molar-refractivity contribution in [1.82, 2.24) is 0 Å². The first-order valence-electron chi connectivity index (χ1n) is 6.20. The maximum absolute atomic E-state index is 11.4. The summed E-state index contributed by atoms with van der Waals surface area (Å²) in [6.45, 7) is 0. The van der Waals surface area contributed by atoms with Crippen LogP contribution in [-0.2, 0) is 14.7 Å². The lowest BCUT2D eigenvalue weighted by molar-refractivity contribution is -0.394. The van der Waals surface area contributed by atoms with Crippen LogP contribution in [0.5, 0.6) is 5.75 Å². The highest BCUT2D eigenvalue weighted by molar-refractivity contribution is 7.86. The van der Waals surface area contributed by atoms with E-state index in [9.17, 15) is 37.8 Å². The normalized spacial score (nSPS) is 11.2. The van der Waals surface area contributed by atoms with E-state index in [0.29, 0.717) is 12.1 Å². The quantitative estimate of drug-likeness (QED) is 0.339. The minimum atomic E-state index is -5.05. The maximum Gasteiger partial charge on any atom is 0.395 e. The zero-order valence-electron chi connectivity index (χ0n) is 11.9. The number of rotatable bonds is 6. The fourth-order valence-electron chi connectivity index (χ4n) is 2.16. The Morgan fingerprint density at radius 1 is 1.04 bits per heavy atom. The van der Waals surface area contributed by atoms with Crippen LogP contribution in [0.25, 0.3) is 11.1 Å². The molecule has 2 aromatic carbocycles. The van der Waals surface area contributed by atoms with E-state index >= 15 is 0 Å². The van der Waals surface area contributed by atoms with Crippen molar-refractivity contribution in [3.05, 3.63) is 56.6 Å². The van der Waals surface area contributed by atoms with Crippen LogP contribution in [-0.4, -0.2) is 22.8 Å². The Kier molecular flexibility index (Phi) is 5.07. The minimum absolute atomic E-state index is 0.224. The second-order valence-corrected chi connectivity index (χ2v) is 6.18. The molecule has 2 rings (SSSR count). The lowest BCUT2D eigenvalue weighted by atomic mass is 10.0. The van der Waals surface area contributed by atoms with Crippen molar-refractivity contribution < 1.29 is 31.9 Å². The van der Waals surface area contributed by atoms with Gasteiger partial charge in [-0.2, -0.15) is 8.42 Å². The Labute approximate surface area is 141 Å². The second-order valence-electron chi connectivity index (χ2n) is 4.46. The highest BCUT2D eigenvalue weighted by atomic mass is 32.2. The third kappa shape index (κ3) is 3.60. The monoisotopic (exact) mass is 386 g/mol. The van der Waals surface area contributed by atoms with Gasteiger partial charge in [-0.3, -0.25) is 24.8 Å². The third-order valence-electron chi connectivity index (χ3n) is 3.07. The highest BCUT2D eigenvalue weighted by Gasteiger charge is 2.36. The molecule has 130 valence electrons. The molecule has 13 heteroatoms. The summed E-state index contributed by atoms with van der Waals surface area (Å²) < 4.78 is 47.5. The van der Waals surface area contributed by atoms with Crippen molar-refractivity contribution >= 4 is 30.2 Å². The van der Waals surface area contributed by atoms with Crippen LogP contribution in [0.2, 0.25) is 0 Å². The standard InChI is InChI=1S/C12H7N2O9PS/c15-13(16)8-5-6-10(25(20,21)22)12(14(17)18)11(8)7-3-1-2-4-9(7)23-24-19/h1-6H,(H,20,21,22). The van der Waals surface area contributed by atoms with E-state index in [1.807, 2.05) is 0 Å². The number of hydrogen-bond acceptors (Lipinski definition) is 8. The van der Waals surface area contributed by atoms with Crippen molar-refractivity contribution in [3.8, 4) is 16.9 Å². The Bertz CT molecular complexity index is 990. The molecule has 0 atom stereocenters. The van der Waals surface area contributed by atoms with E-state index in [1.54, 1.807) is 0 Å². The Balaban J connectivity index is 3.04. The lowest BCUT2D eigenvalue weighted by Gasteiger charge is -2.10. The molecule has 0 spiro atoms. The second kappa shape index (κ2) is 6.89. The van der Waals surface area contributed by atoms with Crippen molar-refractivity contribution in [2.75, 3.05) is 0 Å². The van der Waals surface area contributed by atoms with Gasteiger partial charge in [0.25, 0.3) is 5.69 Å². The van der Waals surface area contributed by atoms with Gasteiger partial charge in [-0.25, -0.2) is 4.57 Å². The van der Waals surface area contributed by atoms with Gasteiger partial charge in [0.15, 0.2) is 4.90 Å². The molecule has 25 heavy (non-hydrogen) atoms. The first-order valence-corrected chi connectivity index (χ1v) is 8.38. The fourth-order valence-corrected chi connectivity index (χ4v) is 3.06. The molecule has 0 aliphatic rings. The highest BCUT2D eigenvalue weighted by Crippen LogP contribution is 2.45. The van der Waals surface area contributed by atoms with E-state index in [2.05, 4.69) is 0 Å². The Morgan fingerprint density at radius 2 is 1.68 bits per heavy atom. The largest absolute Gasteiger partial charge is 0.407 e. The zero-order chi connectivity index (χ0) is 18.8. The zero-order valence-corrected chi connectivity index (χ0v) is 13.6. The van der Waals surface area contributed by atoms with Crippen molar-refractivity contribution in [2.24, 2.45) is 0 Å². The molecule has 0 aliphatic carbocycles. The molecule has 0 bridgehead atoms. The molecule has 2 aromatic rings. The van der Waals surface area contributed by atoms with Crippen LogP contribution < -0.4 is 4.52 Å². The molecule has 0 saturated carbocycles. The molecule has 0 radical (unpaired) electrons. The van der Waals surface area contributed by atoms with Crippen LogP contribution in [0.1, 0.15) is 0 Å². The number of benzene rings is 2. The molecular formula is C12H7N2O9PS. The maximum atomic E-state index is 11.4. The fraction of sp³-hybridized carbons (Fsp3) is 0. The van der Waals surface area contributed by atoms with Gasteiger partial charge in [0, 0.05) is 11.6 Å². The van der Waals surface area contributed by atoms with Gasteiger partial charge in [0.1, 0.15) is 11.3 Å². The SMILES string of the molecule is O=POc1ccccc1-c1c([N+](=O)[O-])ccc(S(=O)(=O)O)c1[N+](=O)[O-]. The summed E-state index contributed by atoms with van der Waals surface area (Å²) in [6, 6.07) is 6.45. The molecular weight excluding hydrogens is 379 g/mol. The van der Waals surface area contributed by atoms with E-state index < -0.39 is 50.5 Å². The molecule has 0 saturated heterocycles. The van der Waals surface area contributed by atoms with Crippen molar-refractivity contribution in [2.45, 2.75) is 4.90 Å². The van der Waals surface area contributed by atoms with E-state index in [-0.39, 0.29) is 11.3 Å². The van der Waals surface area contributed by atoms with Crippen LogP contribution >= 0.6 is 8.69 Å². The van der Waals surface area contributed by atoms with Crippen LogP contribution in [0.3, 0.4) is 0 Å². The van der Waals surface area contributed by atoms with Crippen LogP contribution in [0.4, 0.5) is 11.4 Å². The van der Waals surface area contributed by atoms with E-state index in [1.165, 1.54) is 24.3 Å². The third-order valence-corrected chi connectivity index (χ3v) is 4.22. The van der Waals surface area contributed by atoms with Gasteiger partial charge in [0.2, 0.25) is 0 Å². The molecule has 0 fully saturated rings. The first kappa shape index (κ1) is 18.4. The molecule has 0 aromatic heterocycles. The van der Waals surface area contributed by atoms with Gasteiger partial charge in [-0.05, 0) is 12.1 Å². The average molecular weight is 386 g/mol. The van der Waals surface area contributed by atoms with Crippen LogP contribution in [0, 0.1) is 20.2 Å². The number of nitro groups is 2. The molecule has 0 aliphatic heterocycles. The topological polar surface area (TPSA) is 167 Å². The summed E-state index contributed by atoms with van der Waals surface area (Å²) in [5.41, 5.74) is -2.94. The molecule has 1 N–H and O–H groups in total. The number of hydrogen-bond donors (Lipinski definition) is 1. The van der Waals surface area contributed by atoms with Gasteiger partial charge >= 0.3 is 24.5 Å².